The maximum Gasteiger partial charge on any atom is 0.410 e. The summed E-state index contributed by atoms with van der Waals surface area (Å²) in [5.74, 6) is 8.17. The van der Waals surface area contributed by atoms with E-state index in [2.05, 4.69) is 42.0 Å². The van der Waals surface area contributed by atoms with Crippen molar-refractivity contribution in [3.63, 3.8) is 0 Å². The Morgan fingerprint density at radius 2 is 1.18 bits per heavy atom. The topological polar surface area (TPSA) is 224 Å². The van der Waals surface area contributed by atoms with Gasteiger partial charge in [0.25, 0.3) is 0 Å². The van der Waals surface area contributed by atoms with Crippen molar-refractivity contribution in [3.8, 4) is 29.0 Å². The minimum absolute atomic E-state index is 0.174. The molecule has 17 nitrogen and oxygen atoms in total. The van der Waals surface area contributed by atoms with Gasteiger partial charge in [-0.05, 0) is 60.8 Å². The highest BCUT2D eigenvalue weighted by atomic mass is 16.6. The molecule has 304 valence electrons. The Labute approximate surface area is 333 Å². The highest BCUT2D eigenvalue weighted by molar-refractivity contribution is 5.80. The number of aromatic amines is 2. The number of rotatable bonds is 5. The van der Waals surface area contributed by atoms with Crippen molar-refractivity contribution >= 4 is 18.1 Å². The third-order valence-electron chi connectivity index (χ3n) is 9.37. The number of carbonyl (C=O) groups excluding carboxylic acids is 3. The van der Waals surface area contributed by atoms with E-state index in [1.54, 1.807) is 9.80 Å². The van der Waals surface area contributed by atoms with Crippen molar-refractivity contribution in [2.24, 2.45) is 11.8 Å². The third kappa shape index (κ3) is 12.2. The Kier molecular flexibility index (Phi) is 13.9. The molecular formula is C40H54N12O5. The molecule has 3 aliphatic heterocycles. The zero-order valence-electron chi connectivity index (χ0n) is 33.6. The third-order valence-corrected chi connectivity index (χ3v) is 9.37. The van der Waals surface area contributed by atoms with Gasteiger partial charge >= 0.3 is 12.2 Å². The summed E-state index contributed by atoms with van der Waals surface area (Å²) < 4.78 is 10.6. The minimum Gasteiger partial charge on any atom is -0.444 e. The highest BCUT2D eigenvalue weighted by Gasteiger charge is 2.34. The number of nitriles is 1. The lowest BCUT2D eigenvalue weighted by atomic mass is 10.1. The summed E-state index contributed by atoms with van der Waals surface area (Å²) in [6.45, 7) is 14.8. The lowest BCUT2D eigenvalue weighted by Gasteiger charge is -2.24. The molecule has 3 saturated heterocycles. The second-order valence-electron chi connectivity index (χ2n) is 16.2. The van der Waals surface area contributed by atoms with E-state index in [1.807, 2.05) is 102 Å². The van der Waals surface area contributed by atoms with Crippen LogP contribution in [0.1, 0.15) is 84.3 Å². The lowest BCUT2D eigenvalue weighted by Crippen LogP contribution is -2.39. The Morgan fingerprint density at radius 3 is 1.63 bits per heavy atom. The smallest absolute Gasteiger partial charge is 0.410 e. The van der Waals surface area contributed by atoms with Gasteiger partial charge in [0.1, 0.15) is 22.9 Å². The summed E-state index contributed by atoms with van der Waals surface area (Å²) in [5.41, 5.74) is 3.11. The molecule has 3 atom stereocenters. The predicted octanol–water partition coefficient (Wildman–Crippen LogP) is 5.17. The van der Waals surface area contributed by atoms with Crippen LogP contribution in [0.15, 0.2) is 60.7 Å². The number of amides is 3. The van der Waals surface area contributed by atoms with Gasteiger partial charge in [0, 0.05) is 62.2 Å². The number of benzene rings is 2. The number of nitrogens with one attached hydrogen (secondary N) is 3. The van der Waals surface area contributed by atoms with Crippen LogP contribution in [0.4, 0.5) is 9.59 Å². The van der Waals surface area contributed by atoms with Crippen molar-refractivity contribution in [1.82, 2.24) is 50.5 Å². The fourth-order valence-electron chi connectivity index (χ4n) is 6.48. The second kappa shape index (κ2) is 18.7. The number of hydrogen-bond donors (Lipinski definition) is 4. The number of ether oxygens (including phenoxy) is 2. The van der Waals surface area contributed by atoms with E-state index in [1.165, 1.54) is 4.90 Å². The molecule has 7 rings (SSSR count). The molecule has 2 aromatic carbocycles. The quantitative estimate of drug-likeness (QED) is 0.0891. The second-order valence-corrected chi connectivity index (χ2v) is 16.2. The van der Waals surface area contributed by atoms with Gasteiger partial charge in [-0.1, -0.05) is 60.7 Å². The molecule has 0 spiro atoms. The molecule has 2 aromatic heterocycles. The molecular weight excluding hydrogens is 729 g/mol. The number of hydrogen-bond acceptors (Lipinski definition) is 12. The van der Waals surface area contributed by atoms with E-state index < -0.39 is 11.2 Å². The Hall–Kier alpha value is -6.02. The summed E-state index contributed by atoms with van der Waals surface area (Å²) >= 11 is 0. The largest absolute Gasteiger partial charge is 0.444 e. The first-order valence-electron chi connectivity index (χ1n) is 19.2. The van der Waals surface area contributed by atoms with Crippen LogP contribution >= 0.6 is 0 Å². The van der Waals surface area contributed by atoms with Gasteiger partial charge in [0.05, 0.1) is 5.92 Å². The molecule has 3 unspecified atom stereocenters. The maximum absolute atomic E-state index is 12.1. The van der Waals surface area contributed by atoms with Crippen molar-refractivity contribution in [3.05, 3.63) is 72.3 Å². The van der Waals surface area contributed by atoms with Crippen LogP contribution in [-0.2, 0) is 14.3 Å². The first-order valence-corrected chi connectivity index (χ1v) is 19.2. The standard InChI is InChI=1S/C17H22N4O2.C13H13N5.C10H19N3O3/c1-17(2,3)23-16(22)21-10-9-13(11-21)15-18-14(19-20-15)12-7-5-4-6-8-12;14-9-18-7-6-11(8-18)13-15-12(16-17-13)10-4-2-1-3-5-10;1-10(2,3)16-9(15)13-5-4-7(6-13)8(14)12-11/h4-8,13H,9-11H2,1-3H3,(H,18,19,20);1-5,11H,6-8H2,(H,15,16,17);7H,4-6,11H2,1-3H3,(H,12,14). The fourth-order valence-corrected chi connectivity index (χ4v) is 6.48. The predicted molar refractivity (Wildman–Crippen MR) is 212 cm³/mol. The van der Waals surface area contributed by atoms with E-state index in [0.29, 0.717) is 38.4 Å². The SMILES string of the molecule is CC(C)(C)OC(=O)N1CCC(C(=O)NN)C1.CC(C)(C)OC(=O)N1CCC(c2nc(-c3ccccc3)n[nH]2)C1.N#CN1CCC(c2nc(-c3ccccc3)n[nH]2)C1. The Morgan fingerprint density at radius 1 is 0.719 bits per heavy atom. The average Bonchev–Trinajstić information content (AvgIpc) is 4.04. The molecule has 5 heterocycles. The summed E-state index contributed by atoms with van der Waals surface area (Å²) in [6.07, 6.45) is 3.98. The van der Waals surface area contributed by atoms with Gasteiger partial charge in [-0.2, -0.15) is 15.5 Å². The number of nitrogens with zero attached hydrogens (tertiary/aromatic N) is 8. The number of nitrogens with two attached hydrogens (primary N) is 1. The highest BCUT2D eigenvalue weighted by Crippen LogP contribution is 2.28. The minimum atomic E-state index is -0.509. The van der Waals surface area contributed by atoms with E-state index >= 15 is 0 Å². The molecule has 3 aliphatic rings. The molecule has 17 heteroatoms. The zero-order valence-corrected chi connectivity index (χ0v) is 33.6. The summed E-state index contributed by atoms with van der Waals surface area (Å²) in [7, 11) is 0. The molecule has 3 fully saturated rings. The zero-order chi connectivity index (χ0) is 41.2. The Balaban J connectivity index is 0.000000167. The molecule has 0 bridgehead atoms. The van der Waals surface area contributed by atoms with E-state index in [0.717, 1.165) is 54.5 Å². The van der Waals surface area contributed by atoms with E-state index in [-0.39, 0.29) is 35.8 Å². The van der Waals surface area contributed by atoms with Crippen LogP contribution in [0.2, 0.25) is 0 Å². The average molecular weight is 783 g/mol. The van der Waals surface area contributed by atoms with Crippen molar-refractivity contribution < 1.29 is 23.9 Å². The van der Waals surface area contributed by atoms with Crippen LogP contribution in [0.3, 0.4) is 0 Å². The van der Waals surface area contributed by atoms with Crippen LogP contribution in [0.25, 0.3) is 22.8 Å². The van der Waals surface area contributed by atoms with Crippen LogP contribution < -0.4 is 11.3 Å². The van der Waals surface area contributed by atoms with E-state index in [9.17, 15) is 14.4 Å². The van der Waals surface area contributed by atoms with Gasteiger partial charge in [-0.25, -0.2) is 25.4 Å². The van der Waals surface area contributed by atoms with Crippen LogP contribution in [0, 0.1) is 17.4 Å². The molecule has 3 amide bonds. The van der Waals surface area contributed by atoms with Gasteiger partial charge in [-0.15, -0.1) is 0 Å². The Bertz CT molecular complexity index is 1970. The van der Waals surface area contributed by atoms with Crippen LogP contribution in [0.5, 0.6) is 0 Å². The number of carbonyl (C=O) groups is 3. The maximum atomic E-state index is 12.1. The molecule has 5 N–H and O–H groups in total. The van der Waals surface area contributed by atoms with Gasteiger partial charge < -0.3 is 24.2 Å². The first kappa shape index (κ1) is 42.1. The van der Waals surface area contributed by atoms with Crippen molar-refractivity contribution in [1.29, 1.82) is 5.26 Å². The summed E-state index contributed by atoms with van der Waals surface area (Å²) in [6, 6.07) is 19.7. The number of likely N-dealkylation sites (tertiary alicyclic amines) is 3. The van der Waals surface area contributed by atoms with Crippen molar-refractivity contribution in [2.45, 2.75) is 83.8 Å². The molecule has 0 aliphatic carbocycles. The number of aromatic nitrogens is 6. The molecule has 0 radical (unpaired) electrons. The number of hydrazine groups is 1. The monoisotopic (exact) mass is 782 g/mol. The fraction of sp³-hybridized carbons (Fsp3) is 0.500. The summed E-state index contributed by atoms with van der Waals surface area (Å²) in [4.78, 5) is 49.2. The lowest BCUT2D eigenvalue weighted by molar-refractivity contribution is -0.124. The molecule has 4 aromatic rings. The van der Waals surface area contributed by atoms with E-state index in [4.69, 9.17) is 20.6 Å². The first-order chi connectivity index (χ1) is 27.1. The van der Waals surface area contributed by atoms with Crippen molar-refractivity contribution in [2.75, 3.05) is 39.3 Å². The van der Waals surface area contributed by atoms with Crippen LogP contribution in [-0.4, -0.2) is 114 Å². The normalized spacial score (nSPS) is 19.1. The molecule has 57 heavy (non-hydrogen) atoms. The summed E-state index contributed by atoms with van der Waals surface area (Å²) in [5, 5.41) is 23.4. The van der Waals surface area contributed by atoms with Gasteiger partial charge in [0.15, 0.2) is 17.8 Å². The molecule has 0 saturated carbocycles. The number of H-pyrrole nitrogens is 2. The van der Waals surface area contributed by atoms with Gasteiger partial charge in [-0.3, -0.25) is 20.4 Å². The van der Waals surface area contributed by atoms with Gasteiger partial charge in [0.2, 0.25) is 5.91 Å².